The van der Waals surface area contributed by atoms with Crippen LogP contribution < -0.4 is 10.1 Å². The molecule has 1 heterocycles. The fraction of sp³-hybridized carbons (Fsp3) is 0.562. The monoisotopic (exact) mass is 355 g/mol. The Kier molecular flexibility index (Phi) is 5.71. The third kappa shape index (κ3) is 3.99. The van der Waals surface area contributed by atoms with Gasteiger partial charge in [0.15, 0.2) is 0 Å². The van der Waals surface area contributed by atoms with Crippen molar-refractivity contribution in [2.75, 3.05) is 33.3 Å². The van der Waals surface area contributed by atoms with E-state index in [4.69, 9.17) is 4.74 Å². The summed E-state index contributed by atoms with van der Waals surface area (Å²) in [5.74, 6) is 0.627. The maximum absolute atomic E-state index is 12.8. The van der Waals surface area contributed by atoms with Crippen molar-refractivity contribution >= 4 is 16.1 Å². The van der Waals surface area contributed by atoms with Crippen LogP contribution in [0.25, 0.3) is 0 Å². The van der Waals surface area contributed by atoms with Crippen LogP contribution in [0, 0.1) is 6.92 Å². The minimum atomic E-state index is -3.57. The maximum Gasteiger partial charge on any atom is 0.317 e. The molecule has 1 aliphatic rings. The summed E-state index contributed by atoms with van der Waals surface area (Å²) in [6.45, 7) is 6.89. The zero-order chi connectivity index (χ0) is 17.9. The number of piperazine rings is 1. The van der Waals surface area contributed by atoms with Crippen LogP contribution >= 0.6 is 0 Å². The number of urea groups is 1. The molecule has 0 unspecified atom stereocenters. The highest BCUT2D eigenvalue weighted by molar-refractivity contribution is 7.89. The molecule has 0 bridgehead atoms. The van der Waals surface area contributed by atoms with Crippen molar-refractivity contribution in [1.82, 2.24) is 14.5 Å². The number of hydrogen-bond donors (Lipinski definition) is 1. The number of ether oxygens (including phenoxy) is 1. The molecular formula is C16H25N3O4S. The predicted octanol–water partition coefficient (Wildman–Crippen LogP) is 1.43. The van der Waals surface area contributed by atoms with Crippen LogP contribution in [-0.4, -0.2) is 63.0 Å². The number of aryl methyl sites for hydroxylation is 1. The average molecular weight is 355 g/mol. The van der Waals surface area contributed by atoms with Gasteiger partial charge in [0.05, 0.1) is 12.0 Å². The van der Waals surface area contributed by atoms with Gasteiger partial charge < -0.3 is 15.0 Å². The molecule has 0 aliphatic carbocycles. The molecule has 0 aromatic heterocycles. The molecule has 0 radical (unpaired) electrons. The molecule has 7 nitrogen and oxygen atoms in total. The van der Waals surface area contributed by atoms with E-state index >= 15 is 0 Å². The zero-order valence-corrected chi connectivity index (χ0v) is 15.4. The fourth-order valence-electron chi connectivity index (χ4n) is 2.65. The van der Waals surface area contributed by atoms with Crippen molar-refractivity contribution in [2.24, 2.45) is 0 Å². The molecule has 1 saturated heterocycles. The van der Waals surface area contributed by atoms with Gasteiger partial charge in [-0.25, -0.2) is 13.2 Å². The first-order valence-electron chi connectivity index (χ1n) is 7.96. The number of carbonyl (C=O) groups excluding carboxylic acids is 1. The predicted molar refractivity (Wildman–Crippen MR) is 91.7 cm³/mol. The lowest BCUT2D eigenvalue weighted by molar-refractivity contribution is 0.170. The van der Waals surface area contributed by atoms with E-state index in [1.54, 1.807) is 37.1 Å². The summed E-state index contributed by atoms with van der Waals surface area (Å²) in [5, 5.41) is 2.82. The minimum absolute atomic E-state index is 0.0567. The lowest BCUT2D eigenvalue weighted by Gasteiger charge is -2.34. The highest BCUT2D eigenvalue weighted by Crippen LogP contribution is 2.24. The molecule has 2 amide bonds. The van der Waals surface area contributed by atoms with Gasteiger partial charge in [-0.3, -0.25) is 0 Å². The number of nitrogens with zero attached hydrogens (tertiary/aromatic N) is 2. The van der Waals surface area contributed by atoms with Crippen molar-refractivity contribution in [1.29, 1.82) is 0 Å². The molecule has 1 fully saturated rings. The van der Waals surface area contributed by atoms with Gasteiger partial charge in [0.25, 0.3) is 0 Å². The Bertz CT molecular complexity index is 695. The first-order valence-corrected chi connectivity index (χ1v) is 9.40. The SMILES string of the molecule is COc1ccc(S(=O)(=O)N2CCN(C(=O)NC(C)C)CC2)c(C)c1. The normalized spacial score (nSPS) is 16.3. The summed E-state index contributed by atoms with van der Waals surface area (Å²) in [6, 6.07) is 4.83. The molecule has 1 aliphatic heterocycles. The highest BCUT2D eigenvalue weighted by Gasteiger charge is 2.31. The second-order valence-corrected chi connectivity index (χ2v) is 8.03. The Labute approximate surface area is 143 Å². The molecule has 134 valence electrons. The van der Waals surface area contributed by atoms with Crippen LogP contribution in [-0.2, 0) is 10.0 Å². The van der Waals surface area contributed by atoms with Gasteiger partial charge in [-0.1, -0.05) is 0 Å². The zero-order valence-electron chi connectivity index (χ0n) is 14.6. The van der Waals surface area contributed by atoms with E-state index in [-0.39, 0.29) is 17.0 Å². The first kappa shape index (κ1) is 18.5. The van der Waals surface area contributed by atoms with Gasteiger partial charge >= 0.3 is 6.03 Å². The summed E-state index contributed by atoms with van der Waals surface area (Å²) in [5.41, 5.74) is 0.648. The van der Waals surface area contributed by atoms with Crippen LogP contribution in [0.5, 0.6) is 5.75 Å². The van der Waals surface area contributed by atoms with Crippen LogP contribution in [0.4, 0.5) is 4.79 Å². The van der Waals surface area contributed by atoms with Gasteiger partial charge in [0.2, 0.25) is 10.0 Å². The van der Waals surface area contributed by atoms with Gasteiger partial charge in [-0.15, -0.1) is 0 Å². The first-order chi connectivity index (χ1) is 11.3. The third-order valence-electron chi connectivity index (χ3n) is 3.94. The molecule has 2 rings (SSSR count). The topological polar surface area (TPSA) is 79.0 Å². The number of carbonyl (C=O) groups is 1. The Hall–Kier alpha value is -1.80. The second-order valence-electron chi connectivity index (χ2n) is 6.13. The average Bonchev–Trinajstić information content (AvgIpc) is 2.53. The van der Waals surface area contributed by atoms with E-state index in [0.717, 1.165) is 0 Å². The minimum Gasteiger partial charge on any atom is -0.497 e. The van der Waals surface area contributed by atoms with Crippen LogP contribution in [0.15, 0.2) is 23.1 Å². The molecule has 0 atom stereocenters. The molecule has 1 aromatic rings. The standard InChI is InChI=1S/C16H25N3O4S/c1-12(2)17-16(20)18-7-9-19(10-8-18)24(21,22)15-6-5-14(23-4)11-13(15)3/h5-6,11-12H,7-10H2,1-4H3,(H,17,20). The van der Waals surface area contributed by atoms with E-state index in [0.29, 0.717) is 37.5 Å². The number of amides is 2. The van der Waals surface area contributed by atoms with E-state index in [2.05, 4.69) is 5.32 Å². The maximum atomic E-state index is 12.8. The number of methoxy groups -OCH3 is 1. The van der Waals surface area contributed by atoms with Crippen molar-refractivity contribution in [3.05, 3.63) is 23.8 Å². The van der Waals surface area contributed by atoms with Gasteiger partial charge in [0.1, 0.15) is 5.75 Å². The van der Waals surface area contributed by atoms with Gasteiger partial charge in [-0.05, 0) is 44.5 Å². The molecular weight excluding hydrogens is 330 g/mol. The second kappa shape index (κ2) is 7.40. The summed E-state index contributed by atoms with van der Waals surface area (Å²) in [4.78, 5) is 13.9. The van der Waals surface area contributed by atoms with Gasteiger partial charge in [-0.2, -0.15) is 4.31 Å². The summed E-state index contributed by atoms with van der Waals surface area (Å²) >= 11 is 0. The quantitative estimate of drug-likeness (QED) is 0.886. The number of hydrogen-bond acceptors (Lipinski definition) is 4. The molecule has 1 N–H and O–H groups in total. The smallest absolute Gasteiger partial charge is 0.317 e. The lowest BCUT2D eigenvalue weighted by atomic mass is 10.2. The fourth-order valence-corrected chi connectivity index (χ4v) is 4.28. The van der Waals surface area contributed by atoms with Crippen molar-refractivity contribution in [2.45, 2.75) is 31.7 Å². The van der Waals surface area contributed by atoms with Crippen LogP contribution in [0.2, 0.25) is 0 Å². The van der Waals surface area contributed by atoms with E-state index in [1.807, 2.05) is 13.8 Å². The Balaban J connectivity index is 2.09. The molecule has 24 heavy (non-hydrogen) atoms. The summed E-state index contributed by atoms with van der Waals surface area (Å²) in [6.07, 6.45) is 0. The van der Waals surface area contributed by atoms with Crippen molar-refractivity contribution < 1.29 is 17.9 Å². The molecule has 1 aromatic carbocycles. The number of sulfonamides is 1. The number of nitrogens with one attached hydrogen (secondary N) is 1. The highest BCUT2D eigenvalue weighted by atomic mass is 32.2. The van der Waals surface area contributed by atoms with Gasteiger partial charge in [0, 0.05) is 32.2 Å². The molecule has 8 heteroatoms. The largest absolute Gasteiger partial charge is 0.497 e. The Morgan fingerprint density at radius 3 is 2.33 bits per heavy atom. The van der Waals surface area contributed by atoms with E-state index < -0.39 is 10.0 Å². The Morgan fingerprint density at radius 2 is 1.83 bits per heavy atom. The lowest BCUT2D eigenvalue weighted by Crippen LogP contribution is -2.54. The molecule has 0 saturated carbocycles. The molecule has 0 spiro atoms. The van der Waals surface area contributed by atoms with E-state index in [9.17, 15) is 13.2 Å². The van der Waals surface area contributed by atoms with Crippen molar-refractivity contribution in [3.63, 3.8) is 0 Å². The van der Waals surface area contributed by atoms with Crippen molar-refractivity contribution in [3.8, 4) is 5.75 Å². The van der Waals surface area contributed by atoms with Crippen LogP contribution in [0.1, 0.15) is 19.4 Å². The summed E-state index contributed by atoms with van der Waals surface area (Å²) < 4.78 is 32.2. The third-order valence-corrected chi connectivity index (χ3v) is 6.00. The summed E-state index contributed by atoms with van der Waals surface area (Å²) in [7, 11) is -2.02. The Morgan fingerprint density at radius 1 is 1.21 bits per heavy atom. The number of benzene rings is 1. The van der Waals surface area contributed by atoms with E-state index in [1.165, 1.54) is 4.31 Å². The van der Waals surface area contributed by atoms with Crippen LogP contribution in [0.3, 0.4) is 0 Å². The number of rotatable bonds is 4.